The highest BCUT2D eigenvalue weighted by Crippen LogP contribution is 2.29. The lowest BCUT2D eigenvalue weighted by Gasteiger charge is -2.06. The van der Waals surface area contributed by atoms with E-state index in [9.17, 15) is 0 Å². The minimum absolute atomic E-state index is 0.286. The number of nitrogens with zero attached hydrogens (tertiary/aromatic N) is 2. The fourth-order valence-electron chi connectivity index (χ4n) is 2.80. The normalized spacial score (nSPS) is 11.4. The van der Waals surface area contributed by atoms with Crippen molar-refractivity contribution in [1.29, 1.82) is 0 Å². The van der Waals surface area contributed by atoms with Crippen LogP contribution in [0.5, 0.6) is 0 Å². The van der Waals surface area contributed by atoms with Crippen LogP contribution in [0, 0.1) is 6.92 Å². The molecule has 116 valence electrons. The molecule has 0 saturated carbocycles. The van der Waals surface area contributed by atoms with Gasteiger partial charge in [-0.05, 0) is 42.6 Å². The van der Waals surface area contributed by atoms with E-state index in [1.165, 1.54) is 21.3 Å². The zero-order valence-corrected chi connectivity index (χ0v) is 14.1. The molecule has 0 saturated heterocycles. The summed E-state index contributed by atoms with van der Waals surface area (Å²) in [6.07, 6.45) is 2.99. The number of H-pyrrole nitrogens is 1. The number of nitrogens with one attached hydrogen (secondary N) is 2. The van der Waals surface area contributed by atoms with Gasteiger partial charge in [-0.2, -0.15) is 0 Å². The minimum Gasteiger partial charge on any atom is -0.369 e. The van der Waals surface area contributed by atoms with Crippen molar-refractivity contribution >= 4 is 49.9 Å². The Balaban J connectivity index is 1.55. The standard InChI is InChI=1S/C17H15ClN4S/c1-10-8-13-15(21-17(18)22-16(13)23-10)19-7-6-11-9-20-14-5-3-2-4-12(11)14/h2-5,8-9,20H,6-7H2,1H3,(H,19,21,22). The minimum atomic E-state index is 0.286. The van der Waals surface area contributed by atoms with E-state index in [0.29, 0.717) is 0 Å². The zero-order chi connectivity index (χ0) is 15.8. The van der Waals surface area contributed by atoms with Gasteiger partial charge in [-0.15, -0.1) is 11.3 Å². The van der Waals surface area contributed by atoms with Crippen molar-refractivity contribution in [2.45, 2.75) is 13.3 Å². The van der Waals surface area contributed by atoms with Crippen molar-refractivity contribution in [2.24, 2.45) is 0 Å². The second-order valence-electron chi connectivity index (χ2n) is 5.45. The van der Waals surface area contributed by atoms with Crippen LogP contribution in [0.15, 0.2) is 36.5 Å². The molecule has 3 heterocycles. The number of anilines is 1. The Morgan fingerprint density at radius 1 is 1.22 bits per heavy atom. The number of halogens is 1. The lowest BCUT2D eigenvalue weighted by atomic mass is 10.1. The molecule has 0 amide bonds. The predicted octanol–water partition coefficient (Wildman–Crippen LogP) is 4.79. The lowest BCUT2D eigenvalue weighted by molar-refractivity contribution is 1.01. The molecule has 4 rings (SSSR count). The fraction of sp³-hybridized carbons (Fsp3) is 0.176. The number of benzene rings is 1. The number of hydrogen-bond donors (Lipinski definition) is 2. The number of aromatic amines is 1. The molecule has 0 aliphatic heterocycles. The van der Waals surface area contributed by atoms with E-state index in [-0.39, 0.29) is 5.28 Å². The third-order valence-electron chi connectivity index (χ3n) is 3.85. The summed E-state index contributed by atoms with van der Waals surface area (Å²) in [5.74, 6) is 0.809. The van der Waals surface area contributed by atoms with Crippen LogP contribution in [0.25, 0.3) is 21.1 Å². The predicted molar refractivity (Wildman–Crippen MR) is 97.7 cm³/mol. The van der Waals surface area contributed by atoms with Gasteiger partial charge in [-0.1, -0.05) is 18.2 Å². The van der Waals surface area contributed by atoms with E-state index in [1.54, 1.807) is 11.3 Å². The van der Waals surface area contributed by atoms with E-state index >= 15 is 0 Å². The molecule has 0 aliphatic rings. The Labute approximate surface area is 142 Å². The Hall–Kier alpha value is -2.11. The summed E-state index contributed by atoms with van der Waals surface area (Å²) in [4.78, 5) is 14.1. The van der Waals surface area contributed by atoms with Gasteiger partial charge in [0.25, 0.3) is 0 Å². The van der Waals surface area contributed by atoms with E-state index < -0.39 is 0 Å². The first-order valence-corrected chi connectivity index (χ1v) is 8.63. The lowest BCUT2D eigenvalue weighted by Crippen LogP contribution is -2.06. The Kier molecular flexibility index (Phi) is 3.67. The summed E-state index contributed by atoms with van der Waals surface area (Å²) < 4.78 is 0. The Morgan fingerprint density at radius 3 is 3.00 bits per heavy atom. The fourth-order valence-corrected chi connectivity index (χ4v) is 3.90. The highest BCUT2D eigenvalue weighted by atomic mass is 35.5. The van der Waals surface area contributed by atoms with E-state index in [0.717, 1.165) is 29.0 Å². The van der Waals surface area contributed by atoms with Crippen molar-refractivity contribution < 1.29 is 0 Å². The van der Waals surface area contributed by atoms with Crippen LogP contribution < -0.4 is 5.32 Å². The summed E-state index contributed by atoms with van der Waals surface area (Å²) >= 11 is 7.66. The summed E-state index contributed by atoms with van der Waals surface area (Å²) in [5, 5.41) is 6.00. The number of fused-ring (bicyclic) bond motifs is 2. The number of aromatic nitrogens is 3. The smallest absolute Gasteiger partial charge is 0.225 e. The molecule has 3 aromatic heterocycles. The van der Waals surface area contributed by atoms with Crippen molar-refractivity contribution in [1.82, 2.24) is 15.0 Å². The molecule has 0 aliphatic carbocycles. The van der Waals surface area contributed by atoms with E-state index in [1.807, 2.05) is 6.07 Å². The summed E-state index contributed by atoms with van der Waals surface area (Å²) in [5.41, 5.74) is 2.47. The maximum atomic E-state index is 6.03. The molecular formula is C17H15ClN4S. The molecule has 0 atom stereocenters. The van der Waals surface area contributed by atoms with Gasteiger partial charge >= 0.3 is 0 Å². The van der Waals surface area contributed by atoms with E-state index in [2.05, 4.69) is 57.7 Å². The van der Waals surface area contributed by atoms with Crippen molar-refractivity contribution in [3.05, 3.63) is 52.3 Å². The molecule has 4 aromatic rings. The van der Waals surface area contributed by atoms with Gasteiger partial charge in [0.15, 0.2) is 0 Å². The molecule has 0 unspecified atom stereocenters. The quantitative estimate of drug-likeness (QED) is 0.524. The van der Waals surface area contributed by atoms with Crippen LogP contribution >= 0.6 is 22.9 Å². The van der Waals surface area contributed by atoms with Crippen LogP contribution in [0.2, 0.25) is 5.28 Å². The molecule has 2 N–H and O–H groups in total. The third-order valence-corrected chi connectivity index (χ3v) is 4.96. The Morgan fingerprint density at radius 2 is 2.09 bits per heavy atom. The molecule has 0 bridgehead atoms. The highest BCUT2D eigenvalue weighted by Gasteiger charge is 2.10. The Bertz CT molecular complexity index is 989. The second-order valence-corrected chi connectivity index (χ2v) is 7.03. The first-order valence-electron chi connectivity index (χ1n) is 7.43. The van der Waals surface area contributed by atoms with Gasteiger partial charge in [0.1, 0.15) is 10.6 Å². The van der Waals surface area contributed by atoms with Crippen LogP contribution in [0.4, 0.5) is 5.82 Å². The van der Waals surface area contributed by atoms with Crippen LogP contribution in [-0.2, 0) is 6.42 Å². The number of hydrogen-bond acceptors (Lipinski definition) is 4. The second kappa shape index (κ2) is 5.83. The van der Waals surface area contributed by atoms with Crippen LogP contribution in [0.3, 0.4) is 0 Å². The first kappa shape index (κ1) is 14.5. The van der Waals surface area contributed by atoms with Crippen molar-refractivity contribution in [3.8, 4) is 0 Å². The molecule has 0 fully saturated rings. The van der Waals surface area contributed by atoms with Gasteiger partial charge in [-0.3, -0.25) is 0 Å². The molecule has 6 heteroatoms. The van der Waals surface area contributed by atoms with Gasteiger partial charge in [0.05, 0.1) is 5.39 Å². The molecule has 0 radical (unpaired) electrons. The summed E-state index contributed by atoms with van der Waals surface area (Å²) in [6.45, 7) is 2.86. The molecule has 0 spiro atoms. The average Bonchev–Trinajstić information content (AvgIpc) is 3.10. The monoisotopic (exact) mass is 342 g/mol. The van der Waals surface area contributed by atoms with Gasteiger partial charge in [0.2, 0.25) is 5.28 Å². The third kappa shape index (κ3) is 2.78. The average molecular weight is 343 g/mol. The summed E-state index contributed by atoms with van der Waals surface area (Å²) in [7, 11) is 0. The zero-order valence-electron chi connectivity index (χ0n) is 12.6. The number of thiophene rings is 1. The topological polar surface area (TPSA) is 53.6 Å². The highest BCUT2D eigenvalue weighted by molar-refractivity contribution is 7.18. The van der Waals surface area contributed by atoms with Crippen LogP contribution in [-0.4, -0.2) is 21.5 Å². The molecular weight excluding hydrogens is 328 g/mol. The van der Waals surface area contributed by atoms with E-state index in [4.69, 9.17) is 11.6 Å². The van der Waals surface area contributed by atoms with Gasteiger partial charge in [0, 0.05) is 28.5 Å². The largest absolute Gasteiger partial charge is 0.369 e. The maximum Gasteiger partial charge on any atom is 0.225 e. The molecule has 4 nitrogen and oxygen atoms in total. The number of aryl methyl sites for hydroxylation is 1. The van der Waals surface area contributed by atoms with Gasteiger partial charge in [-0.25, -0.2) is 9.97 Å². The van der Waals surface area contributed by atoms with Crippen LogP contribution in [0.1, 0.15) is 10.4 Å². The number of para-hydroxylation sites is 1. The maximum absolute atomic E-state index is 6.03. The number of rotatable bonds is 4. The SMILES string of the molecule is Cc1cc2c(NCCc3c[nH]c4ccccc34)nc(Cl)nc2s1. The van der Waals surface area contributed by atoms with Crippen molar-refractivity contribution in [2.75, 3.05) is 11.9 Å². The van der Waals surface area contributed by atoms with Crippen molar-refractivity contribution in [3.63, 3.8) is 0 Å². The molecule has 1 aromatic carbocycles. The van der Waals surface area contributed by atoms with Gasteiger partial charge < -0.3 is 10.3 Å². The molecule has 23 heavy (non-hydrogen) atoms. The summed E-state index contributed by atoms with van der Waals surface area (Å²) in [6, 6.07) is 10.4. The first-order chi connectivity index (χ1) is 11.2.